The lowest BCUT2D eigenvalue weighted by atomic mass is 10.1. The topological polar surface area (TPSA) is 65.5 Å². The summed E-state index contributed by atoms with van der Waals surface area (Å²) in [6.45, 7) is 5.52. The first kappa shape index (κ1) is 19.1. The minimum atomic E-state index is -0.344. The van der Waals surface area contributed by atoms with Gasteiger partial charge in [-0.25, -0.2) is 4.98 Å². The standard InChI is InChI=1S/C21H26N4O2S/c1-15-5-7-18(8-6-15)25-12-16(11-19(25)26)20(27)23-21-22-17(14-28-21)13-24-9-3-2-4-10-24/h5-8,14,16H,2-4,9-13H2,1H3,(H,22,23,27)/t16-/m1/s1. The smallest absolute Gasteiger partial charge is 0.231 e. The van der Waals surface area contributed by atoms with E-state index in [2.05, 4.69) is 15.2 Å². The second-order valence-electron chi connectivity index (χ2n) is 7.71. The summed E-state index contributed by atoms with van der Waals surface area (Å²) in [6.07, 6.45) is 4.06. The van der Waals surface area contributed by atoms with Gasteiger partial charge in [-0.3, -0.25) is 14.5 Å². The molecule has 28 heavy (non-hydrogen) atoms. The fourth-order valence-electron chi connectivity index (χ4n) is 3.85. The Morgan fingerprint density at radius 1 is 1.21 bits per heavy atom. The molecule has 0 unspecified atom stereocenters. The van der Waals surface area contributed by atoms with Crippen molar-refractivity contribution in [3.8, 4) is 0 Å². The van der Waals surface area contributed by atoms with Crippen molar-refractivity contribution in [2.75, 3.05) is 29.9 Å². The predicted octanol–water partition coefficient (Wildman–Crippen LogP) is 3.43. The third kappa shape index (κ3) is 4.42. The lowest BCUT2D eigenvalue weighted by Gasteiger charge is -2.25. The number of nitrogens with zero attached hydrogens (tertiary/aromatic N) is 3. The molecule has 2 amide bonds. The second kappa shape index (κ2) is 8.41. The van der Waals surface area contributed by atoms with Crippen molar-refractivity contribution in [1.82, 2.24) is 9.88 Å². The summed E-state index contributed by atoms with van der Waals surface area (Å²) in [5.41, 5.74) is 3.00. The monoisotopic (exact) mass is 398 g/mol. The number of amides is 2. The number of piperidine rings is 1. The number of benzene rings is 1. The molecule has 1 atom stereocenters. The van der Waals surface area contributed by atoms with Gasteiger partial charge in [0.1, 0.15) is 0 Å². The Bertz CT molecular complexity index is 842. The van der Waals surface area contributed by atoms with Crippen molar-refractivity contribution in [2.45, 2.75) is 39.2 Å². The number of carbonyl (C=O) groups is 2. The van der Waals surface area contributed by atoms with Crippen LogP contribution in [0.3, 0.4) is 0 Å². The summed E-state index contributed by atoms with van der Waals surface area (Å²) in [4.78, 5) is 33.7. The largest absolute Gasteiger partial charge is 0.312 e. The average Bonchev–Trinajstić information content (AvgIpc) is 3.30. The van der Waals surface area contributed by atoms with E-state index in [1.807, 2.05) is 36.6 Å². The van der Waals surface area contributed by atoms with Crippen LogP contribution in [0, 0.1) is 12.8 Å². The van der Waals surface area contributed by atoms with Gasteiger partial charge < -0.3 is 10.2 Å². The van der Waals surface area contributed by atoms with Crippen LogP contribution in [0.2, 0.25) is 0 Å². The summed E-state index contributed by atoms with van der Waals surface area (Å²) in [5, 5.41) is 5.55. The summed E-state index contributed by atoms with van der Waals surface area (Å²) < 4.78 is 0. The molecule has 1 aromatic carbocycles. The molecular weight excluding hydrogens is 372 g/mol. The van der Waals surface area contributed by atoms with E-state index >= 15 is 0 Å². The lowest BCUT2D eigenvalue weighted by molar-refractivity contribution is -0.122. The number of rotatable bonds is 5. The molecule has 148 valence electrons. The Kier molecular flexibility index (Phi) is 5.73. The van der Waals surface area contributed by atoms with Crippen LogP contribution in [-0.4, -0.2) is 41.3 Å². The first-order valence-electron chi connectivity index (χ1n) is 9.93. The third-order valence-electron chi connectivity index (χ3n) is 5.46. The Morgan fingerprint density at radius 2 is 1.96 bits per heavy atom. The van der Waals surface area contributed by atoms with Crippen LogP contribution in [0.5, 0.6) is 0 Å². The minimum Gasteiger partial charge on any atom is -0.312 e. The zero-order valence-corrected chi connectivity index (χ0v) is 17.0. The van der Waals surface area contributed by atoms with Gasteiger partial charge in [0.2, 0.25) is 11.8 Å². The molecule has 1 N–H and O–H groups in total. The van der Waals surface area contributed by atoms with E-state index in [1.165, 1.54) is 30.6 Å². The fraction of sp³-hybridized carbons (Fsp3) is 0.476. The highest BCUT2D eigenvalue weighted by Crippen LogP contribution is 2.27. The molecule has 0 spiro atoms. The quantitative estimate of drug-likeness (QED) is 0.838. The highest BCUT2D eigenvalue weighted by Gasteiger charge is 2.35. The number of likely N-dealkylation sites (tertiary alicyclic amines) is 1. The zero-order chi connectivity index (χ0) is 19.5. The van der Waals surface area contributed by atoms with E-state index in [4.69, 9.17) is 0 Å². The number of nitrogens with one attached hydrogen (secondary N) is 1. The molecule has 2 saturated heterocycles. The Balaban J connectivity index is 1.34. The second-order valence-corrected chi connectivity index (χ2v) is 8.57. The van der Waals surface area contributed by atoms with Gasteiger partial charge in [0.15, 0.2) is 5.13 Å². The molecule has 2 aliphatic rings. The molecular formula is C21H26N4O2S. The first-order valence-corrected chi connectivity index (χ1v) is 10.8. The minimum absolute atomic E-state index is 0.00562. The number of hydrogen-bond donors (Lipinski definition) is 1. The molecule has 4 rings (SSSR count). The summed E-state index contributed by atoms with van der Waals surface area (Å²) in [5.74, 6) is -0.473. The number of hydrogen-bond acceptors (Lipinski definition) is 5. The molecule has 0 radical (unpaired) electrons. The van der Waals surface area contributed by atoms with Crippen molar-refractivity contribution < 1.29 is 9.59 Å². The van der Waals surface area contributed by atoms with Gasteiger partial charge in [-0.2, -0.15) is 0 Å². The Hall–Kier alpha value is -2.25. The number of aromatic nitrogens is 1. The Labute approximate surface area is 169 Å². The molecule has 2 aliphatic heterocycles. The van der Waals surface area contributed by atoms with Crippen LogP contribution in [0.1, 0.15) is 36.9 Å². The van der Waals surface area contributed by atoms with E-state index in [-0.39, 0.29) is 24.2 Å². The van der Waals surface area contributed by atoms with E-state index in [0.29, 0.717) is 11.7 Å². The molecule has 0 saturated carbocycles. The van der Waals surface area contributed by atoms with Crippen LogP contribution in [0.15, 0.2) is 29.6 Å². The summed E-state index contributed by atoms with van der Waals surface area (Å²) in [7, 11) is 0. The highest BCUT2D eigenvalue weighted by molar-refractivity contribution is 7.13. The van der Waals surface area contributed by atoms with Crippen LogP contribution in [0.4, 0.5) is 10.8 Å². The molecule has 7 heteroatoms. The predicted molar refractivity (Wildman–Crippen MR) is 112 cm³/mol. The summed E-state index contributed by atoms with van der Waals surface area (Å²) in [6, 6.07) is 7.83. The van der Waals surface area contributed by atoms with Gasteiger partial charge >= 0.3 is 0 Å². The highest BCUT2D eigenvalue weighted by atomic mass is 32.1. The maximum absolute atomic E-state index is 12.7. The molecule has 2 fully saturated rings. The van der Waals surface area contributed by atoms with E-state index in [9.17, 15) is 9.59 Å². The molecule has 2 aromatic rings. The van der Waals surface area contributed by atoms with Gasteiger partial charge in [-0.15, -0.1) is 11.3 Å². The zero-order valence-electron chi connectivity index (χ0n) is 16.2. The van der Waals surface area contributed by atoms with Gasteiger partial charge in [-0.1, -0.05) is 24.1 Å². The Morgan fingerprint density at radius 3 is 2.71 bits per heavy atom. The fourth-order valence-corrected chi connectivity index (χ4v) is 4.55. The van der Waals surface area contributed by atoms with Crippen LogP contribution < -0.4 is 10.2 Å². The normalized spacial score (nSPS) is 20.5. The maximum atomic E-state index is 12.7. The number of carbonyl (C=O) groups excluding carboxylic acids is 2. The molecule has 0 bridgehead atoms. The van der Waals surface area contributed by atoms with E-state index in [0.717, 1.165) is 36.6 Å². The molecule has 6 nitrogen and oxygen atoms in total. The average molecular weight is 399 g/mol. The van der Waals surface area contributed by atoms with Gasteiger partial charge in [0.05, 0.1) is 11.6 Å². The van der Waals surface area contributed by atoms with E-state index in [1.54, 1.807) is 4.90 Å². The first-order chi connectivity index (χ1) is 13.6. The van der Waals surface area contributed by atoms with Crippen molar-refractivity contribution >= 4 is 34.0 Å². The van der Waals surface area contributed by atoms with Crippen LogP contribution >= 0.6 is 11.3 Å². The third-order valence-corrected chi connectivity index (χ3v) is 6.26. The van der Waals surface area contributed by atoms with Crippen molar-refractivity contribution in [2.24, 2.45) is 5.92 Å². The molecule has 1 aromatic heterocycles. The maximum Gasteiger partial charge on any atom is 0.231 e. The lowest BCUT2D eigenvalue weighted by Crippen LogP contribution is -2.29. The van der Waals surface area contributed by atoms with Crippen LogP contribution in [0.25, 0.3) is 0 Å². The number of anilines is 2. The van der Waals surface area contributed by atoms with Gasteiger partial charge in [0, 0.05) is 30.6 Å². The van der Waals surface area contributed by atoms with Crippen molar-refractivity contribution in [3.05, 3.63) is 40.9 Å². The molecule has 3 heterocycles. The van der Waals surface area contributed by atoms with Crippen molar-refractivity contribution in [1.29, 1.82) is 0 Å². The van der Waals surface area contributed by atoms with Crippen LogP contribution in [-0.2, 0) is 16.1 Å². The van der Waals surface area contributed by atoms with E-state index < -0.39 is 0 Å². The summed E-state index contributed by atoms with van der Waals surface area (Å²) >= 11 is 1.46. The number of thiazole rings is 1. The van der Waals surface area contributed by atoms with Crippen molar-refractivity contribution in [3.63, 3.8) is 0 Å². The van der Waals surface area contributed by atoms with Gasteiger partial charge in [-0.05, 0) is 45.0 Å². The van der Waals surface area contributed by atoms with Gasteiger partial charge in [0.25, 0.3) is 0 Å². The number of aryl methyl sites for hydroxylation is 1. The molecule has 0 aliphatic carbocycles. The SMILES string of the molecule is Cc1ccc(N2C[C@H](C(=O)Nc3nc(CN4CCCCC4)cs3)CC2=O)cc1.